The summed E-state index contributed by atoms with van der Waals surface area (Å²) in [5, 5.41) is 2.74. The van der Waals surface area contributed by atoms with Gasteiger partial charge in [-0.1, -0.05) is 6.07 Å². The summed E-state index contributed by atoms with van der Waals surface area (Å²) >= 11 is 0. The molecule has 0 aliphatic heterocycles. The number of methoxy groups -OCH3 is 1. The smallest absolute Gasteiger partial charge is 0.253 e. The Kier molecular flexibility index (Phi) is 3.92. The third-order valence-electron chi connectivity index (χ3n) is 2.60. The average molecular weight is 258 g/mol. The van der Waals surface area contributed by atoms with Crippen molar-refractivity contribution in [2.24, 2.45) is 0 Å². The van der Waals surface area contributed by atoms with Crippen LogP contribution in [-0.4, -0.2) is 23.0 Å². The van der Waals surface area contributed by atoms with Crippen molar-refractivity contribution < 1.29 is 9.53 Å². The van der Waals surface area contributed by atoms with Crippen molar-refractivity contribution in [1.29, 1.82) is 0 Å². The van der Waals surface area contributed by atoms with Crippen LogP contribution in [0.25, 0.3) is 0 Å². The van der Waals surface area contributed by atoms with Gasteiger partial charge in [-0.15, -0.1) is 0 Å². The molecule has 0 radical (unpaired) electrons. The Labute approximate surface area is 110 Å². The van der Waals surface area contributed by atoms with Crippen LogP contribution < -0.4 is 15.8 Å². The zero-order valence-corrected chi connectivity index (χ0v) is 10.5. The number of hydrogen-bond acceptors (Lipinski definition) is 5. The molecular weight excluding hydrogens is 244 g/mol. The topological polar surface area (TPSA) is 90.1 Å². The molecule has 0 saturated carbocycles. The van der Waals surface area contributed by atoms with Gasteiger partial charge in [0.2, 0.25) is 0 Å². The first-order valence-corrected chi connectivity index (χ1v) is 5.68. The normalized spacial score (nSPS) is 9.95. The number of nitrogens with one attached hydrogen (secondary N) is 1. The highest BCUT2D eigenvalue weighted by molar-refractivity contribution is 6.00. The minimum absolute atomic E-state index is 0.269. The zero-order chi connectivity index (χ0) is 13.7. The molecule has 0 fully saturated rings. The summed E-state index contributed by atoms with van der Waals surface area (Å²) < 4.78 is 5.07. The van der Waals surface area contributed by atoms with E-state index in [-0.39, 0.29) is 5.91 Å². The fourth-order valence-corrected chi connectivity index (χ4v) is 1.61. The van der Waals surface area contributed by atoms with Gasteiger partial charge in [-0.2, -0.15) is 0 Å². The molecule has 1 aromatic heterocycles. The van der Waals surface area contributed by atoms with Gasteiger partial charge >= 0.3 is 0 Å². The number of nitrogen functional groups attached to an aromatic ring is 1. The Hall–Kier alpha value is -2.63. The van der Waals surface area contributed by atoms with Crippen LogP contribution >= 0.6 is 0 Å². The number of aromatic nitrogens is 2. The standard InChI is InChI=1S/C13H14N4O2/c1-19-11-4-2-3-10(12(11)14)13(18)16-7-9-5-6-15-8-17-9/h2-6,8H,7,14H2,1H3,(H,16,18). The molecule has 0 bridgehead atoms. The summed E-state index contributed by atoms with van der Waals surface area (Å²) in [6.07, 6.45) is 3.05. The fraction of sp³-hybridized carbons (Fsp3) is 0.154. The maximum atomic E-state index is 12.0. The summed E-state index contributed by atoms with van der Waals surface area (Å²) in [5.74, 6) is 0.213. The lowest BCUT2D eigenvalue weighted by molar-refractivity contribution is 0.0951. The summed E-state index contributed by atoms with van der Waals surface area (Å²) in [4.78, 5) is 19.8. The van der Waals surface area contributed by atoms with Crippen LogP contribution in [-0.2, 0) is 6.54 Å². The second-order valence-corrected chi connectivity index (χ2v) is 3.80. The molecule has 3 N–H and O–H groups in total. The highest BCUT2D eigenvalue weighted by atomic mass is 16.5. The predicted molar refractivity (Wildman–Crippen MR) is 70.6 cm³/mol. The van der Waals surface area contributed by atoms with E-state index in [9.17, 15) is 4.79 Å². The number of ether oxygens (including phenoxy) is 1. The predicted octanol–water partition coefficient (Wildman–Crippen LogP) is 0.997. The Morgan fingerprint density at radius 1 is 1.42 bits per heavy atom. The first-order valence-electron chi connectivity index (χ1n) is 5.68. The summed E-state index contributed by atoms with van der Waals surface area (Å²) in [5.41, 5.74) is 7.29. The number of rotatable bonds is 4. The summed E-state index contributed by atoms with van der Waals surface area (Å²) in [6, 6.07) is 6.80. The van der Waals surface area contributed by atoms with Crippen LogP contribution in [0.3, 0.4) is 0 Å². The molecule has 2 rings (SSSR count). The maximum absolute atomic E-state index is 12.0. The largest absolute Gasteiger partial charge is 0.495 e. The third kappa shape index (κ3) is 2.98. The molecule has 0 unspecified atom stereocenters. The number of carbonyl (C=O) groups excluding carboxylic acids is 1. The number of benzene rings is 1. The first-order chi connectivity index (χ1) is 9.22. The number of hydrogen-bond donors (Lipinski definition) is 2. The lowest BCUT2D eigenvalue weighted by Crippen LogP contribution is -2.24. The van der Waals surface area contributed by atoms with E-state index in [0.29, 0.717) is 23.5 Å². The molecule has 2 aromatic rings. The molecule has 1 aromatic carbocycles. The Morgan fingerprint density at radius 2 is 2.26 bits per heavy atom. The van der Waals surface area contributed by atoms with Crippen molar-refractivity contribution in [3.05, 3.63) is 48.0 Å². The Morgan fingerprint density at radius 3 is 2.95 bits per heavy atom. The quantitative estimate of drug-likeness (QED) is 0.798. The molecule has 0 atom stereocenters. The lowest BCUT2D eigenvalue weighted by Gasteiger charge is -2.10. The molecule has 98 valence electrons. The van der Waals surface area contributed by atoms with Gasteiger partial charge in [0.1, 0.15) is 12.1 Å². The van der Waals surface area contributed by atoms with E-state index in [1.807, 2.05) is 0 Å². The fourth-order valence-electron chi connectivity index (χ4n) is 1.61. The molecule has 0 aliphatic carbocycles. The zero-order valence-electron chi connectivity index (χ0n) is 10.5. The molecule has 1 amide bonds. The van der Waals surface area contributed by atoms with Gasteiger partial charge in [-0.25, -0.2) is 9.97 Å². The molecule has 0 saturated heterocycles. The van der Waals surface area contributed by atoms with E-state index in [4.69, 9.17) is 10.5 Å². The van der Waals surface area contributed by atoms with E-state index in [1.165, 1.54) is 13.4 Å². The Bertz CT molecular complexity index is 572. The first kappa shape index (κ1) is 12.8. The number of para-hydroxylation sites is 1. The van der Waals surface area contributed by atoms with Gasteiger partial charge in [0.25, 0.3) is 5.91 Å². The molecule has 6 heteroatoms. The van der Waals surface area contributed by atoms with E-state index < -0.39 is 0 Å². The van der Waals surface area contributed by atoms with Crippen molar-refractivity contribution in [1.82, 2.24) is 15.3 Å². The van der Waals surface area contributed by atoms with Gasteiger partial charge in [-0.3, -0.25) is 4.79 Å². The average Bonchev–Trinajstić information content (AvgIpc) is 2.46. The molecule has 19 heavy (non-hydrogen) atoms. The van der Waals surface area contributed by atoms with Gasteiger partial charge in [0.05, 0.1) is 30.6 Å². The van der Waals surface area contributed by atoms with Crippen molar-refractivity contribution in [3.8, 4) is 5.75 Å². The van der Waals surface area contributed by atoms with Crippen LogP contribution in [0.2, 0.25) is 0 Å². The second kappa shape index (κ2) is 5.81. The van der Waals surface area contributed by atoms with Crippen LogP contribution in [0, 0.1) is 0 Å². The summed E-state index contributed by atoms with van der Waals surface area (Å²) in [6.45, 7) is 0.317. The van der Waals surface area contributed by atoms with Crippen LogP contribution in [0.1, 0.15) is 16.1 Å². The van der Waals surface area contributed by atoms with Crippen LogP contribution in [0.15, 0.2) is 36.8 Å². The van der Waals surface area contributed by atoms with Gasteiger partial charge in [0, 0.05) is 6.20 Å². The SMILES string of the molecule is COc1cccc(C(=O)NCc2ccncn2)c1N. The van der Waals surface area contributed by atoms with E-state index in [2.05, 4.69) is 15.3 Å². The number of nitrogens with two attached hydrogens (primary N) is 1. The number of anilines is 1. The minimum atomic E-state index is -0.269. The highest BCUT2D eigenvalue weighted by Crippen LogP contribution is 2.24. The van der Waals surface area contributed by atoms with Crippen molar-refractivity contribution in [3.63, 3.8) is 0 Å². The number of amides is 1. The maximum Gasteiger partial charge on any atom is 0.253 e. The van der Waals surface area contributed by atoms with E-state index >= 15 is 0 Å². The second-order valence-electron chi connectivity index (χ2n) is 3.80. The van der Waals surface area contributed by atoms with Crippen molar-refractivity contribution in [2.75, 3.05) is 12.8 Å². The molecular formula is C13H14N4O2. The monoisotopic (exact) mass is 258 g/mol. The van der Waals surface area contributed by atoms with Gasteiger partial charge in [-0.05, 0) is 18.2 Å². The van der Waals surface area contributed by atoms with Gasteiger partial charge in [0.15, 0.2) is 0 Å². The van der Waals surface area contributed by atoms with Crippen LogP contribution in [0.4, 0.5) is 5.69 Å². The molecule has 1 heterocycles. The minimum Gasteiger partial charge on any atom is -0.495 e. The highest BCUT2D eigenvalue weighted by Gasteiger charge is 2.12. The molecule has 0 spiro atoms. The molecule has 0 aliphatic rings. The number of carbonyl (C=O) groups is 1. The van der Waals surface area contributed by atoms with Crippen molar-refractivity contribution in [2.45, 2.75) is 6.54 Å². The van der Waals surface area contributed by atoms with E-state index in [0.717, 1.165) is 5.69 Å². The lowest BCUT2D eigenvalue weighted by atomic mass is 10.1. The summed E-state index contributed by atoms with van der Waals surface area (Å²) in [7, 11) is 1.51. The Balaban J connectivity index is 2.08. The van der Waals surface area contributed by atoms with E-state index in [1.54, 1.807) is 30.5 Å². The van der Waals surface area contributed by atoms with Gasteiger partial charge < -0.3 is 15.8 Å². The van der Waals surface area contributed by atoms with Crippen molar-refractivity contribution >= 4 is 11.6 Å². The van der Waals surface area contributed by atoms with Crippen LogP contribution in [0.5, 0.6) is 5.75 Å². The third-order valence-corrected chi connectivity index (χ3v) is 2.60. The number of nitrogens with zero attached hydrogens (tertiary/aromatic N) is 2. The molecule has 6 nitrogen and oxygen atoms in total.